The lowest BCUT2D eigenvalue weighted by molar-refractivity contribution is -0.144. The Balaban J connectivity index is 1.85. The molecule has 0 radical (unpaired) electrons. The van der Waals surface area contributed by atoms with Crippen molar-refractivity contribution in [1.82, 2.24) is 4.90 Å². The Bertz CT molecular complexity index is 765. The number of carbonyl (C=O) groups is 1. The summed E-state index contributed by atoms with van der Waals surface area (Å²) in [6.07, 6.45) is 27.0. The maximum Gasteiger partial charge on any atom is 0.247 e. The van der Waals surface area contributed by atoms with Crippen LogP contribution in [0.4, 0.5) is 0 Å². The summed E-state index contributed by atoms with van der Waals surface area (Å²) in [5.74, 6) is 0.264. The highest BCUT2D eigenvalue weighted by molar-refractivity contribution is 7.17. The van der Waals surface area contributed by atoms with E-state index < -0.39 is 6.10 Å². The summed E-state index contributed by atoms with van der Waals surface area (Å²) in [4.78, 5) is 14.6. The Morgan fingerprint density at radius 3 is 2.66 bits per heavy atom. The molecule has 0 aromatic heterocycles. The molecule has 1 amide bonds. The van der Waals surface area contributed by atoms with E-state index in [1.807, 2.05) is 0 Å². The van der Waals surface area contributed by atoms with Crippen LogP contribution in [0, 0.1) is 11.8 Å². The Hall–Kier alpha value is -1.48. The second kappa shape index (κ2) is 9.12. The fourth-order valence-electron chi connectivity index (χ4n) is 5.60. The van der Waals surface area contributed by atoms with Gasteiger partial charge in [-0.05, 0) is 50.0 Å². The van der Waals surface area contributed by atoms with Crippen molar-refractivity contribution in [2.75, 3.05) is 13.1 Å². The number of rotatable bonds is 5. The third-order valence-corrected chi connectivity index (χ3v) is 7.16. The Morgan fingerprint density at radius 1 is 1.10 bits per heavy atom. The molecule has 4 rings (SSSR count). The molecule has 29 heavy (non-hydrogen) atoms. The smallest absolute Gasteiger partial charge is 0.247 e. The predicted octanol–water partition coefficient (Wildman–Crippen LogP) is 3.88. The van der Waals surface area contributed by atoms with Crippen LogP contribution < -0.4 is 5.73 Å². The van der Waals surface area contributed by atoms with Crippen LogP contribution >= 0.6 is 9.24 Å². The molecule has 4 aliphatic rings. The normalized spacial score (nSPS) is 34.6. The Morgan fingerprint density at radius 2 is 2.00 bits per heavy atom. The molecule has 5 heteroatoms. The molecule has 5 unspecified atom stereocenters. The highest BCUT2D eigenvalue weighted by Gasteiger charge is 2.52. The molecular formula is C24H33N2O2P. The van der Waals surface area contributed by atoms with Crippen LogP contribution in [0.2, 0.25) is 0 Å². The zero-order chi connectivity index (χ0) is 20.3. The fraction of sp³-hybridized carbons (Fsp3) is 0.542. The van der Waals surface area contributed by atoms with Crippen molar-refractivity contribution in [1.29, 1.82) is 0 Å². The van der Waals surface area contributed by atoms with Crippen molar-refractivity contribution in [3.8, 4) is 0 Å². The minimum absolute atomic E-state index is 0.107. The molecule has 1 saturated heterocycles. The second-order valence-corrected chi connectivity index (χ2v) is 9.30. The molecular weight excluding hydrogens is 379 g/mol. The number of hydrogen-bond donors (Lipinski definition) is 1. The van der Waals surface area contributed by atoms with E-state index in [1.165, 1.54) is 12.0 Å². The SMILES string of the molecule is NC(=O)C1CN(C(C2=CCCC=C2)(C2C=CC=CC2)[C@H]2C=CCCC2)CC(P)O1. The molecule has 1 fully saturated rings. The summed E-state index contributed by atoms with van der Waals surface area (Å²) in [7, 11) is 2.76. The average Bonchev–Trinajstić information content (AvgIpc) is 2.76. The molecule has 1 aliphatic heterocycles. The lowest BCUT2D eigenvalue weighted by Crippen LogP contribution is -2.65. The van der Waals surface area contributed by atoms with Gasteiger partial charge in [0, 0.05) is 19.0 Å². The molecule has 0 bridgehead atoms. The fourth-order valence-corrected chi connectivity index (χ4v) is 6.04. The van der Waals surface area contributed by atoms with Crippen LogP contribution in [0.25, 0.3) is 0 Å². The van der Waals surface area contributed by atoms with E-state index in [1.54, 1.807) is 0 Å². The first kappa shape index (κ1) is 20.8. The van der Waals surface area contributed by atoms with Gasteiger partial charge in [-0.1, -0.05) is 54.7 Å². The second-order valence-electron chi connectivity index (χ2n) is 8.56. The lowest BCUT2D eigenvalue weighted by Gasteiger charge is -2.56. The van der Waals surface area contributed by atoms with Gasteiger partial charge < -0.3 is 10.5 Å². The van der Waals surface area contributed by atoms with Gasteiger partial charge in [0.25, 0.3) is 0 Å². The summed E-state index contributed by atoms with van der Waals surface area (Å²) in [6.45, 7) is 1.32. The van der Waals surface area contributed by atoms with Crippen molar-refractivity contribution in [2.45, 2.75) is 56.0 Å². The first-order chi connectivity index (χ1) is 14.1. The van der Waals surface area contributed by atoms with E-state index in [0.717, 1.165) is 38.6 Å². The lowest BCUT2D eigenvalue weighted by atomic mass is 9.62. The van der Waals surface area contributed by atoms with E-state index in [9.17, 15) is 4.79 Å². The summed E-state index contributed by atoms with van der Waals surface area (Å²) < 4.78 is 5.89. The van der Waals surface area contributed by atoms with E-state index in [2.05, 4.69) is 68.8 Å². The van der Waals surface area contributed by atoms with Crippen LogP contribution in [0.15, 0.2) is 60.3 Å². The van der Waals surface area contributed by atoms with Crippen molar-refractivity contribution in [3.05, 3.63) is 60.3 Å². The average molecular weight is 413 g/mol. The van der Waals surface area contributed by atoms with Gasteiger partial charge in [0.2, 0.25) is 5.91 Å². The quantitative estimate of drug-likeness (QED) is 0.551. The molecule has 0 saturated carbocycles. The van der Waals surface area contributed by atoms with Gasteiger partial charge in [-0.3, -0.25) is 9.69 Å². The van der Waals surface area contributed by atoms with Crippen LogP contribution in [0.5, 0.6) is 0 Å². The van der Waals surface area contributed by atoms with Gasteiger partial charge in [-0.15, -0.1) is 9.24 Å². The van der Waals surface area contributed by atoms with Crippen LogP contribution in [0.3, 0.4) is 0 Å². The first-order valence-electron chi connectivity index (χ1n) is 10.9. The van der Waals surface area contributed by atoms with Gasteiger partial charge >= 0.3 is 0 Å². The van der Waals surface area contributed by atoms with Gasteiger partial charge in [-0.25, -0.2) is 0 Å². The molecule has 4 nitrogen and oxygen atoms in total. The standard InChI is InChI=1S/C24H33N2O2P/c25-23(27)21-16-26(17-22(29)28-21)24(18-10-4-1-5-11-18,19-12-6-2-7-13-19)20-14-8-3-9-15-20/h1,4-6,8,10,12-14,18,20-22H,2-3,7,9,11,15-17,29H2,(H2,25,27)/t18?,20-,21?,22?,24?/m0/s1. The molecule has 1 heterocycles. The highest BCUT2D eigenvalue weighted by Crippen LogP contribution is 2.49. The predicted molar refractivity (Wildman–Crippen MR) is 121 cm³/mol. The number of ether oxygens (including phenoxy) is 1. The zero-order valence-corrected chi connectivity index (χ0v) is 18.2. The van der Waals surface area contributed by atoms with Gasteiger partial charge in [-0.2, -0.15) is 0 Å². The summed E-state index contributed by atoms with van der Waals surface area (Å²) in [6, 6.07) is 0. The molecule has 2 N–H and O–H groups in total. The third kappa shape index (κ3) is 4.08. The van der Waals surface area contributed by atoms with Crippen LogP contribution in [-0.2, 0) is 9.53 Å². The van der Waals surface area contributed by atoms with Crippen molar-refractivity contribution in [3.63, 3.8) is 0 Å². The number of amides is 1. The minimum atomic E-state index is -0.575. The highest BCUT2D eigenvalue weighted by atomic mass is 31.0. The number of nitrogens with two attached hydrogens (primary N) is 1. The number of morpholine rings is 1. The Labute approximate surface area is 176 Å². The summed E-state index contributed by atoms with van der Waals surface area (Å²) in [5.41, 5.74) is 6.91. The topological polar surface area (TPSA) is 55.6 Å². The molecule has 0 aromatic carbocycles. The molecule has 0 spiro atoms. The largest absolute Gasteiger partial charge is 0.367 e. The van der Waals surface area contributed by atoms with Gasteiger partial charge in [0.1, 0.15) is 6.10 Å². The Kier molecular flexibility index (Phi) is 6.53. The minimum Gasteiger partial charge on any atom is -0.367 e. The van der Waals surface area contributed by atoms with Crippen molar-refractivity contribution in [2.24, 2.45) is 17.6 Å². The zero-order valence-electron chi connectivity index (χ0n) is 17.1. The molecule has 6 atom stereocenters. The third-order valence-electron chi connectivity index (χ3n) is 6.79. The summed E-state index contributed by atoms with van der Waals surface area (Å²) in [5, 5.41) is 0. The van der Waals surface area contributed by atoms with Crippen molar-refractivity contribution >= 4 is 15.1 Å². The van der Waals surface area contributed by atoms with Crippen LogP contribution in [0.1, 0.15) is 38.5 Å². The van der Waals surface area contributed by atoms with E-state index >= 15 is 0 Å². The molecule has 3 aliphatic carbocycles. The van der Waals surface area contributed by atoms with Gasteiger partial charge in [0.05, 0.1) is 11.4 Å². The van der Waals surface area contributed by atoms with Crippen molar-refractivity contribution < 1.29 is 9.53 Å². The number of carbonyl (C=O) groups excluding carboxylic acids is 1. The number of primary amides is 1. The number of allylic oxidation sites excluding steroid dienone is 6. The molecule has 0 aromatic rings. The maximum atomic E-state index is 12.1. The van der Waals surface area contributed by atoms with Gasteiger partial charge in [0.15, 0.2) is 0 Å². The first-order valence-corrected chi connectivity index (χ1v) is 11.6. The van der Waals surface area contributed by atoms with E-state index in [0.29, 0.717) is 18.4 Å². The van der Waals surface area contributed by atoms with E-state index in [4.69, 9.17) is 10.5 Å². The maximum absolute atomic E-state index is 12.1. The summed E-state index contributed by atoms with van der Waals surface area (Å²) >= 11 is 0. The number of nitrogens with zero attached hydrogens (tertiary/aromatic N) is 1. The monoisotopic (exact) mass is 412 g/mol. The number of hydrogen-bond acceptors (Lipinski definition) is 3. The van der Waals surface area contributed by atoms with E-state index in [-0.39, 0.29) is 17.3 Å². The van der Waals surface area contributed by atoms with Crippen LogP contribution in [-0.4, -0.2) is 41.4 Å². The molecule has 156 valence electrons.